The van der Waals surface area contributed by atoms with E-state index in [4.69, 9.17) is 4.74 Å². The van der Waals surface area contributed by atoms with Gasteiger partial charge in [-0.05, 0) is 37.3 Å². The smallest absolute Gasteiger partial charge is 0.354 e. The Balaban J connectivity index is 1.92. The highest BCUT2D eigenvalue weighted by atomic mass is 32.2. The molecular weight excluding hydrogens is 377 g/mol. The number of carbonyl (C=O) groups is 2. The molecular formula is C17H20FN3O5S. The molecule has 0 aliphatic carbocycles. The predicted molar refractivity (Wildman–Crippen MR) is 96.2 cm³/mol. The topological polar surface area (TPSA) is 106 Å². The zero-order valence-corrected chi connectivity index (χ0v) is 15.7. The highest BCUT2D eigenvalue weighted by Crippen LogP contribution is 2.14. The molecule has 0 aliphatic rings. The molecule has 0 atom stereocenters. The number of nitrogens with zero attached hydrogens (tertiary/aromatic N) is 1. The van der Waals surface area contributed by atoms with Gasteiger partial charge in [0.25, 0.3) is 0 Å². The number of anilines is 1. The lowest BCUT2D eigenvalue weighted by molar-refractivity contribution is -0.116. The Morgan fingerprint density at radius 1 is 1.22 bits per heavy atom. The first-order chi connectivity index (χ1) is 12.7. The Kier molecular flexibility index (Phi) is 6.70. The van der Waals surface area contributed by atoms with Gasteiger partial charge in [0.2, 0.25) is 15.9 Å². The van der Waals surface area contributed by atoms with Crippen molar-refractivity contribution in [2.24, 2.45) is 7.05 Å². The maximum absolute atomic E-state index is 12.8. The summed E-state index contributed by atoms with van der Waals surface area (Å²) in [4.78, 5) is 23.5. The highest BCUT2D eigenvalue weighted by Gasteiger charge is 2.21. The van der Waals surface area contributed by atoms with E-state index in [1.165, 1.54) is 48.1 Å². The van der Waals surface area contributed by atoms with Crippen LogP contribution in [0.25, 0.3) is 0 Å². The number of carbonyl (C=O) groups excluding carboxylic acids is 2. The van der Waals surface area contributed by atoms with Crippen molar-refractivity contribution < 1.29 is 27.1 Å². The number of nitrogens with one attached hydrogen (secondary N) is 2. The van der Waals surface area contributed by atoms with Gasteiger partial charge in [-0.1, -0.05) is 0 Å². The second-order valence-electron chi connectivity index (χ2n) is 5.60. The molecule has 27 heavy (non-hydrogen) atoms. The van der Waals surface area contributed by atoms with Crippen molar-refractivity contribution in [3.63, 3.8) is 0 Å². The maximum Gasteiger partial charge on any atom is 0.354 e. The number of aryl methyl sites for hydroxylation is 1. The molecule has 1 aromatic carbocycles. The third kappa shape index (κ3) is 5.63. The van der Waals surface area contributed by atoms with Crippen LogP contribution < -0.4 is 10.0 Å². The molecule has 0 aliphatic heterocycles. The lowest BCUT2D eigenvalue weighted by atomic mass is 10.3. The molecule has 0 fully saturated rings. The second-order valence-corrected chi connectivity index (χ2v) is 7.36. The van der Waals surface area contributed by atoms with E-state index in [-0.39, 0.29) is 30.2 Å². The molecule has 8 nitrogen and oxygen atoms in total. The molecule has 0 unspecified atom stereocenters. The van der Waals surface area contributed by atoms with Crippen LogP contribution in [0.5, 0.6) is 0 Å². The fourth-order valence-electron chi connectivity index (χ4n) is 2.23. The zero-order valence-electron chi connectivity index (χ0n) is 14.9. The van der Waals surface area contributed by atoms with Crippen molar-refractivity contribution in [2.75, 3.05) is 18.5 Å². The van der Waals surface area contributed by atoms with Crippen molar-refractivity contribution in [3.8, 4) is 0 Å². The van der Waals surface area contributed by atoms with E-state index in [2.05, 4.69) is 10.0 Å². The van der Waals surface area contributed by atoms with E-state index in [0.29, 0.717) is 5.69 Å². The molecule has 146 valence electrons. The fraction of sp³-hybridized carbons (Fsp3) is 0.294. The second kappa shape index (κ2) is 8.78. The van der Waals surface area contributed by atoms with Crippen LogP contribution >= 0.6 is 0 Å². The van der Waals surface area contributed by atoms with Gasteiger partial charge in [0, 0.05) is 31.9 Å². The van der Waals surface area contributed by atoms with Crippen LogP contribution in [-0.2, 0) is 26.6 Å². The van der Waals surface area contributed by atoms with E-state index >= 15 is 0 Å². The van der Waals surface area contributed by atoms with Gasteiger partial charge in [-0.2, -0.15) is 0 Å². The molecule has 1 aromatic heterocycles. The van der Waals surface area contributed by atoms with Crippen molar-refractivity contribution in [2.45, 2.75) is 18.2 Å². The Bertz CT molecular complexity index is 923. The standard InChI is InChI=1S/C17H20FN3O5S/c1-3-26-17(23)15-10-14(11-21(15)2)27(24,25)19-9-8-16(22)20-13-6-4-12(18)5-7-13/h4-7,10-11,19H,3,8-9H2,1-2H3,(H,20,22). The summed E-state index contributed by atoms with van der Waals surface area (Å²) in [7, 11) is -2.36. The number of halogens is 1. The molecule has 1 heterocycles. The number of sulfonamides is 1. The summed E-state index contributed by atoms with van der Waals surface area (Å²) in [5.41, 5.74) is 0.512. The summed E-state index contributed by atoms with van der Waals surface area (Å²) in [5, 5.41) is 2.53. The molecule has 0 radical (unpaired) electrons. The summed E-state index contributed by atoms with van der Waals surface area (Å²) in [6, 6.07) is 6.42. The monoisotopic (exact) mass is 397 g/mol. The number of amides is 1. The zero-order chi connectivity index (χ0) is 20.0. The summed E-state index contributed by atoms with van der Waals surface area (Å²) >= 11 is 0. The van der Waals surface area contributed by atoms with Gasteiger partial charge in [0.05, 0.1) is 6.61 Å². The van der Waals surface area contributed by atoms with Crippen LogP contribution in [-0.4, -0.2) is 38.0 Å². The van der Waals surface area contributed by atoms with Crippen molar-refractivity contribution in [3.05, 3.63) is 48.0 Å². The molecule has 1 amide bonds. The van der Waals surface area contributed by atoms with Crippen molar-refractivity contribution >= 4 is 27.6 Å². The summed E-state index contributed by atoms with van der Waals surface area (Å²) in [6.07, 6.45) is 1.17. The lowest BCUT2D eigenvalue weighted by Crippen LogP contribution is -2.27. The normalized spacial score (nSPS) is 11.2. The summed E-state index contributed by atoms with van der Waals surface area (Å²) in [5.74, 6) is -1.48. The Morgan fingerprint density at radius 2 is 1.89 bits per heavy atom. The van der Waals surface area contributed by atoms with Gasteiger partial charge >= 0.3 is 5.97 Å². The highest BCUT2D eigenvalue weighted by molar-refractivity contribution is 7.89. The Morgan fingerprint density at radius 3 is 2.52 bits per heavy atom. The third-order valence-electron chi connectivity index (χ3n) is 3.55. The maximum atomic E-state index is 12.8. The average Bonchev–Trinajstić information content (AvgIpc) is 3.00. The largest absolute Gasteiger partial charge is 0.461 e. The third-order valence-corrected chi connectivity index (χ3v) is 4.97. The minimum atomic E-state index is -3.89. The molecule has 0 spiro atoms. The van der Waals surface area contributed by atoms with E-state index in [0.717, 1.165) is 0 Å². The van der Waals surface area contributed by atoms with Crippen LogP contribution in [0.1, 0.15) is 23.8 Å². The van der Waals surface area contributed by atoms with Gasteiger partial charge in [0.15, 0.2) is 0 Å². The predicted octanol–water partition coefficient (Wildman–Crippen LogP) is 1.65. The lowest BCUT2D eigenvalue weighted by Gasteiger charge is -2.06. The van der Waals surface area contributed by atoms with Gasteiger partial charge in [0.1, 0.15) is 16.4 Å². The minimum Gasteiger partial charge on any atom is -0.461 e. The number of benzene rings is 1. The van der Waals surface area contributed by atoms with Crippen LogP contribution in [0.2, 0.25) is 0 Å². The molecule has 0 saturated carbocycles. The molecule has 2 aromatic rings. The fourth-order valence-corrected chi connectivity index (χ4v) is 3.33. The van der Waals surface area contributed by atoms with E-state index in [9.17, 15) is 22.4 Å². The number of aromatic nitrogens is 1. The van der Waals surface area contributed by atoms with Crippen LogP contribution in [0.15, 0.2) is 41.4 Å². The number of ether oxygens (including phenoxy) is 1. The van der Waals surface area contributed by atoms with Gasteiger partial charge in [-0.3, -0.25) is 4.79 Å². The molecule has 2 N–H and O–H groups in total. The van der Waals surface area contributed by atoms with Gasteiger partial charge < -0.3 is 14.6 Å². The number of esters is 1. The average molecular weight is 397 g/mol. The molecule has 10 heteroatoms. The quantitative estimate of drug-likeness (QED) is 0.659. The summed E-state index contributed by atoms with van der Waals surface area (Å²) < 4.78 is 45.9. The van der Waals surface area contributed by atoms with E-state index < -0.39 is 27.7 Å². The molecule has 0 bridgehead atoms. The number of rotatable bonds is 8. The Hall–Kier alpha value is -2.72. The van der Waals surface area contributed by atoms with Crippen LogP contribution in [0.3, 0.4) is 0 Å². The number of hydrogen-bond acceptors (Lipinski definition) is 5. The van der Waals surface area contributed by atoms with Gasteiger partial charge in [-0.15, -0.1) is 0 Å². The van der Waals surface area contributed by atoms with Crippen molar-refractivity contribution in [1.82, 2.24) is 9.29 Å². The van der Waals surface area contributed by atoms with Gasteiger partial charge in [-0.25, -0.2) is 22.3 Å². The first kappa shape index (κ1) is 20.6. The van der Waals surface area contributed by atoms with E-state index in [1.807, 2.05) is 0 Å². The first-order valence-corrected chi connectivity index (χ1v) is 9.60. The summed E-state index contributed by atoms with van der Waals surface area (Å²) in [6.45, 7) is 1.68. The number of hydrogen-bond donors (Lipinski definition) is 2. The van der Waals surface area contributed by atoms with Crippen molar-refractivity contribution in [1.29, 1.82) is 0 Å². The molecule has 0 saturated heterocycles. The van der Waals surface area contributed by atoms with Crippen LogP contribution in [0, 0.1) is 5.82 Å². The van der Waals surface area contributed by atoms with E-state index in [1.54, 1.807) is 6.92 Å². The Labute approximate surface area is 156 Å². The van der Waals surface area contributed by atoms with Crippen LogP contribution in [0.4, 0.5) is 10.1 Å². The first-order valence-electron chi connectivity index (χ1n) is 8.11. The molecule has 2 rings (SSSR count). The SMILES string of the molecule is CCOC(=O)c1cc(S(=O)(=O)NCCC(=O)Nc2ccc(F)cc2)cn1C. The minimum absolute atomic E-state index is 0.103.